The molecule has 0 fully saturated rings. The Morgan fingerprint density at radius 3 is 2.24 bits per heavy atom. The van der Waals surface area contributed by atoms with E-state index < -0.39 is 35.9 Å². The maximum atomic E-state index is 11.8. The molecule has 9 heteroatoms. The fourth-order valence-corrected chi connectivity index (χ4v) is 1.55. The molecule has 0 heterocycles. The quantitative estimate of drug-likeness (QED) is 0.527. The van der Waals surface area contributed by atoms with Crippen molar-refractivity contribution in [1.82, 2.24) is 10.2 Å². The van der Waals surface area contributed by atoms with E-state index in [1.807, 2.05) is 0 Å². The van der Waals surface area contributed by atoms with Crippen molar-refractivity contribution in [2.75, 3.05) is 20.7 Å². The normalized spacial score (nSPS) is 12.9. The van der Waals surface area contributed by atoms with Gasteiger partial charge in [-0.2, -0.15) is 0 Å². The van der Waals surface area contributed by atoms with Gasteiger partial charge in [0.15, 0.2) is 0 Å². The van der Waals surface area contributed by atoms with E-state index in [1.165, 1.54) is 14.2 Å². The number of ether oxygens (including phenoxy) is 1. The van der Waals surface area contributed by atoms with Gasteiger partial charge in [-0.05, 0) is 6.42 Å². The van der Waals surface area contributed by atoms with E-state index in [4.69, 9.17) is 10.2 Å². The molecule has 0 aromatic heterocycles. The second kappa shape index (κ2) is 8.77. The second-order valence-corrected chi connectivity index (χ2v) is 4.58. The van der Waals surface area contributed by atoms with Crippen molar-refractivity contribution < 1.29 is 34.1 Å². The minimum absolute atomic E-state index is 0.0454. The summed E-state index contributed by atoms with van der Waals surface area (Å²) in [6.07, 6.45) is -0.601. The van der Waals surface area contributed by atoms with Crippen LogP contribution in [0.2, 0.25) is 0 Å². The first kappa shape index (κ1) is 18.7. The number of hydrogen-bond acceptors (Lipinski definition) is 5. The lowest BCUT2D eigenvalue weighted by molar-refractivity contribution is -0.145. The second-order valence-electron chi connectivity index (χ2n) is 4.58. The molecule has 0 aromatic rings. The van der Waals surface area contributed by atoms with Crippen molar-refractivity contribution in [2.24, 2.45) is 5.92 Å². The minimum atomic E-state index is -1.32. The van der Waals surface area contributed by atoms with Crippen LogP contribution in [0.3, 0.4) is 0 Å². The summed E-state index contributed by atoms with van der Waals surface area (Å²) < 4.78 is 4.52. The molecule has 2 unspecified atom stereocenters. The fourth-order valence-electron chi connectivity index (χ4n) is 1.55. The van der Waals surface area contributed by atoms with Crippen molar-refractivity contribution in [3.05, 3.63) is 0 Å². The van der Waals surface area contributed by atoms with Crippen LogP contribution in [-0.4, -0.2) is 65.8 Å². The van der Waals surface area contributed by atoms with Gasteiger partial charge in [0.25, 0.3) is 0 Å². The van der Waals surface area contributed by atoms with Crippen LogP contribution in [-0.2, 0) is 19.1 Å². The molecule has 0 saturated carbocycles. The molecule has 3 N–H and O–H groups in total. The Hall–Kier alpha value is -2.32. The molecular weight excluding hydrogens is 284 g/mol. The first-order chi connectivity index (χ1) is 9.68. The van der Waals surface area contributed by atoms with E-state index >= 15 is 0 Å². The summed E-state index contributed by atoms with van der Waals surface area (Å²) in [5.74, 6) is -3.52. The maximum absolute atomic E-state index is 11.8. The Morgan fingerprint density at radius 1 is 1.24 bits per heavy atom. The van der Waals surface area contributed by atoms with Crippen molar-refractivity contribution in [1.29, 1.82) is 0 Å². The van der Waals surface area contributed by atoms with Gasteiger partial charge in [-0.15, -0.1) is 0 Å². The van der Waals surface area contributed by atoms with Gasteiger partial charge in [0.1, 0.15) is 6.04 Å². The molecule has 21 heavy (non-hydrogen) atoms. The monoisotopic (exact) mass is 304 g/mol. The number of hydrogen-bond donors (Lipinski definition) is 3. The first-order valence-electron chi connectivity index (χ1n) is 6.23. The predicted octanol–water partition coefficient (Wildman–Crippen LogP) is -0.245. The molecule has 0 aromatic carbocycles. The molecule has 2 atom stereocenters. The zero-order valence-electron chi connectivity index (χ0n) is 12.2. The topological polar surface area (TPSA) is 133 Å². The third kappa shape index (κ3) is 7.14. The number of rotatable bonds is 8. The van der Waals surface area contributed by atoms with E-state index in [0.29, 0.717) is 0 Å². The molecule has 0 bridgehead atoms. The van der Waals surface area contributed by atoms with Crippen LogP contribution in [0.1, 0.15) is 19.8 Å². The molecule has 0 saturated heterocycles. The van der Waals surface area contributed by atoms with E-state index in [-0.39, 0.29) is 19.4 Å². The summed E-state index contributed by atoms with van der Waals surface area (Å²) in [6, 6.07) is -2.01. The molecular formula is C12H20N2O7. The number of carbonyl (C=O) groups is 4. The Kier molecular flexibility index (Phi) is 7.80. The summed E-state index contributed by atoms with van der Waals surface area (Å²) in [4.78, 5) is 45.6. The van der Waals surface area contributed by atoms with Crippen LogP contribution in [0.25, 0.3) is 0 Å². The zero-order chi connectivity index (χ0) is 16.6. The van der Waals surface area contributed by atoms with Gasteiger partial charge < -0.3 is 25.2 Å². The van der Waals surface area contributed by atoms with Crippen LogP contribution < -0.4 is 5.32 Å². The standard InChI is InChI=1S/C12H20N2O7/c1-7(11(19)21-3)6-14(2)12(20)13-8(10(17)18)4-5-9(15)16/h7-8H,4-6H2,1-3H3,(H,13,20)(H,15,16)(H,17,18). The Balaban J connectivity index is 4.50. The van der Waals surface area contributed by atoms with Crippen LogP contribution in [0.5, 0.6) is 0 Å². The van der Waals surface area contributed by atoms with Crippen LogP contribution in [0, 0.1) is 5.92 Å². The summed E-state index contributed by atoms with van der Waals surface area (Å²) in [5, 5.41) is 19.7. The summed E-state index contributed by atoms with van der Waals surface area (Å²) in [6.45, 7) is 1.61. The summed E-state index contributed by atoms with van der Waals surface area (Å²) >= 11 is 0. The Bertz CT molecular complexity index is 410. The van der Waals surface area contributed by atoms with E-state index in [0.717, 1.165) is 4.90 Å². The number of carboxylic acid groups (broad SMARTS) is 2. The molecule has 2 amide bonds. The third-order valence-corrected chi connectivity index (χ3v) is 2.74. The number of nitrogens with zero attached hydrogens (tertiary/aromatic N) is 1. The number of urea groups is 1. The van der Waals surface area contributed by atoms with E-state index in [9.17, 15) is 19.2 Å². The largest absolute Gasteiger partial charge is 0.481 e. The summed E-state index contributed by atoms with van der Waals surface area (Å²) in [7, 11) is 2.62. The lowest BCUT2D eigenvalue weighted by atomic mass is 10.1. The molecule has 0 radical (unpaired) electrons. The molecule has 0 aliphatic carbocycles. The summed E-state index contributed by atoms with van der Waals surface area (Å²) in [5.41, 5.74) is 0. The van der Waals surface area contributed by atoms with Crippen LogP contribution in [0.15, 0.2) is 0 Å². The van der Waals surface area contributed by atoms with Gasteiger partial charge >= 0.3 is 23.9 Å². The van der Waals surface area contributed by atoms with Crippen molar-refractivity contribution >= 4 is 23.9 Å². The number of aliphatic carboxylic acids is 2. The van der Waals surface area contributed by atoms with Gasteiger partial charge in [-0.1, -0.05) is 6.92 Å². The van der Waals surface area contributed by atoms with Crippen molar-refractivity contribution in [3.63, 3.8) is 0 Å². The maximum Gasteiger partial charge on any atom is 0.326 e. The third-order valence-electron chi connectivity index (χ3n) is 2.74. The van der Waals surface area contributed by atoms with Gasteiger partial charge in [0, 0.05) is 20.0 Å². The number of esters is 1. The highest BCUT2D eigenvalue weighted by atomic mass is 16.5. The first-order valence-corrected chi connectivity index (χ1v) is 6.23. The van der Waals surface area contributed by atoms with E-state index in [1.54, 1.807) is 6.92 Å². The molecule has 0 aliphatic heterocycles. The number of amides is 2. The highest BCUT2D eigenvalue weighted by Gasteiger charge is 2.24. The van der Waals surface area contributed by atoms with Crippen molar-refractivity contribution in [3.8, 4) is 0 Å². The predicted molar refractivity (Wildman–Crippen MR) is 70.6 cm³/mol. The van der Waals surface area contributed by atoms with E-state index in [2.05, 4.69) is 10.1 Å². The minimum Gasteiger partial charge on any atom is -0.481 e. The molecule has 0 aliphatic rings. The number of carbonyl (C=O) groups excluding carboxylic acids is 2. The molecule has 0 spiro atoms. The number of methoxy groups -OCH3 is 1. The van der Waals surface area contributed by atoms with Crippen LogP contribution >= 0.6 is 0 Å². The molecule has 0 rings (SSSR count). The fraction of sp³-hybridized carbons (Fsp3) is 0.667. The van der Waals surface area contributed by atoms with Gasteiger partial charge in [0.05, 0.1) is 13.0 Å². The molecule has 9 nitrogen and oxygen atoms in total. The lowest BCUT2D eigenvalue weighted by Crippen LogP contribution is -2.48. The average molecular weight is 304 g/mol. The molecule has 120 valence electrons. The Morgan fingerprint density at radius 2 is 1.81 bits per heavy atom. The van der Waals surface area contributed by atoms with Gasteiger partial charge in [0.2, 0.25) is 0 Å². The Labute approximate surface area is 121 Å². The van der Waals surface area contributed by atoms with Gasteiger partial charge in [-0.25, -0.2) is 9.59 Å². The zero-order valence-corrected chi connectivity index (χ0v) is 12.2. The SMILES string of the molecule is COC(=O)C(C)CN(C)C(=O)NC(CCC(=O)O)C(=O)O. The lowest BCUT2D eigenvalue weighted by Gasteiger charge is -2.23. The highest BCUT2D eigenvalue weighted by molar-refractivity contribution is 5.83. The smallest absolute Gasteiger partial charge is 0.326 e. The van der Waals surface area contributed by atoms with Gasteiger partial charge in [-0.3, -0.25) is 9.59 Å². The highest BCUT2D eigenvalue weighted by Crippen LogP contribution is 2.03. The number of carboxylic acids is 2. The van der Waals surface area contributed by atoms with Crippen LogP contribution in [0.4, 0.5) is 4.79 Å². The number of nitrogens with one attached hydrogen (secondary N) is 1. The average Bonchev–Trinajstić information content (AvgIpc) is 2.41. The van der Waals surface area contributed by atoms with Crippen molar-refractivity contribution in [2.45, 2.75) is 25.8 Å².